The summed E-state index contributed by atoms with van der Waals surface area (Å²) in [7, 11) is 1.45. The number of ether oxygens (including phenoxy) is 1. The van der Waals surface area contributed by atoms with Crippen LogP contribution in [-0.4, -0.2) is 18.2 Å². The summed E-state index contributed by atoms with van der Waals surface area (Å²) in [5.74, 6) is -0.676. The molecule has 1 N–H and O–H groups in total. The molecule has 0 heterocycles. The number of carbonyl (C=O) groups is 1. The molecule has 0 radical (unpaired) electrons. The molecule has 2 rings (SSSR count). The first kappa shape index (κ1) is 12.5. The molecule has 4 heteroatoms. The van der Waals surface area contributed by atoms with Gasteiger partial charge in [-0.2, -0.15) is 0 Å². The predicted molar refractivity (Wildman–Crippen MR) is 70.4 cm³/mol. The maximum absolute atomic E-state index is 11.0. The number of rotatable bonds is 3. The highest BCUT2D eigenvalue weighted by Crippen LogP contribution is 2.28. The second kappa shape index (κ2) is 5.10. The Kier molecular flexibility index (Phi) is 3.53. The lowest BCUT2D eigenvalue weighted by atomic mass is 10.0. The van der Waals surface area contributed by atoms with Crippen molar-refractivity contribution in [1.29, 1.82) is 0 Å². The van der Waals surface area contributed by atoms with E-state index in [1.54, 1.807) is 18.2 Å². The molecular weight excluding hydrogens is 252 g/mol. The Morgan fingerprint density at radius 2 is 1.89 bits per heavy atom. The van der Waals surface area contributed by atoms with Crippen molar-refractivity contribution < 1.29 is 14.6 Å². The summed E-state index contributed by atoms with van der Waals surface area (Å²) in [6.45, 7) is 0. The first-order chi connectivity index (χ1) is 8.61. The third-order valence-electron chi connectivity index (χ3n) is 2.59. The SMILES string of the molecule is COc1cc(-c2cccc(Cl)c2)ccc1C(=O)O. The van der Waals surface area contributed by atoms with Crippen LogP contribution in [0.3, 0.4) is 0 Å². The maximum Gasteiger partial charge on any atom is 0.339 e. The van der Waals surface area contributed by atoms with Crippen molar-refractivity contribution in [3.63, 3.8) is 0 Å². The van der Waals surface area contributed by atoms with Gasteiger partial charge in [0.2, 0.25) is 0 Å². The van der Waals surface area contributed by atoms with Crippen LogP contribution in [0.2, 0.25) is 5.02 Å². The molecule has 2 aromatic carbocycles. The standard InChI is InChI=1S/C14H11ClO3/c1-18-13-8-10(5-6-12(13)14(16)17)9-3-2-4-11(15)7-9/h2-8H,1H3,(H,16,17). The fraction of sp³-hybridized carbons (Fsp3) is 0.0714. The average molecular weight is 263 g/mol. The first-order valence-electron chi connectivity index (χ1n) is 5.29. The Hall–Kier alpha value is -2.00. The highest BCUT2D eigenvalue weighted by molar-refractivity contribution is 6.30. The van der Waals surface area contributed by atoms with Crippen molar-refractivity contribution in [2.45, 2.75) is 0 Å². The zero-order valence-corrected chi connectivity index (χ0v) is 10.4. The molecule has 0 bridgehead atoms. The molecule has 0 saturated heterocycles. The summed E-state index contributed by atoms with van der Waals surface area (Å²) >= 11 is 5.92. The van der Waals surface area contributed by atoms with E-state index in [0.717, 1.165) is 11.1 Å². The molecule has 2 aromatic rings. The molecule has 18 heavy (non-hydrogen) atoms. The van der Waals surface area contributed by atoms with E-state index in [1.165, 1.54) is 13.2 Å². The zero-order valence-electron chi connectivity index (χ0n) is 9.68. The highest BCUT2D eigenvalue weighted by Gasteiger charge is 2.11. The number of hydrogen-bond acceptors (Lipinski definition) is 2. The highest BCUT2D eigenvalue weighted by atomic mass is 35.5. The molecule has 0 aliphatic carbocycles. The van der Waals surface area contributed by atoms with Crippen LogP contribution in [0.4, 0.5) is 0 Å². The van der Waals surface area contributed by atoms with Gasteiger partial charge in [0.05, 0.1) is 7.11 Å². The minimum Gasteiger partial charge on any atom is -0.496 e. The summed E-state index contributed by atoms with van der Waals surface area (Å²) < 4.78 is 5.09. The van der Waals surface area contributed by atoms with Crippen LogP contribution in [0, 0.1) is 0 Å². The van der Waals surface area contributed by atoms with E-state index in [9.17, 15) is 4.79 Å². The molecule has 0 amide bonds. The molecule has 0 aliphatic rings. The lowest BCUT2D eigenvalue weighted by Gasteiger charge is -2.08. The van der Waals surface area contributed by atoms with Gasteiger partial charge < -0.3 is 9.84 Å². The van der Waals surface area contributed by atoms with Gasteiger partial charge in [-0.05, 0) is 35.4 Å². The van der Waals surface area contributed by atoms with Gasteiger partial charge in [-0.15, -0.1) is 0 Å². The topological polar surface area (TPSA) is 46.5 Å². The second-order valence-corrected chi connectivity index (χ2v) is 4.17. The number of aromatic carboxylic acids is 1. The van der Waals surface area contributed by atoms with Crippen molar-refractivity contribution >= 4 is 17.6 Å². The van der Waals surface area contributed by atoms with Gasteiger partial charge in [0.1, 0.15) is 11.3 Å². The van der Waals surface area contributed by atoms with Gasteiger partial charge in [-0.1, -0.05) is 29.8 Å². The lowest BCUT2D eigenvalue weighted by Crippen LogP contribution is -2.00. The fourth-order valence-corrected chi connectivity index (χ4v) is 1.91. The molecule has 0 fully saturated rings. The van der Waals surface area contributed by atoms with Crippen LogP contribution in [0.5, 0.6) is 5.75 Å². The number of carboxylic acid groups (broad SMARTS) is 1. The number of halogens is 1. The number of carboxylic acids is 1. The predicted octanol–water partition coefficient (Wildman–Crippen LogP) is 3.71. The lowest BCUT2D eigenvalue weighted by molar-refractivity contribution is 0.0693. The molecule has 92 valence electrons. The largest absolute Gasteiger partial charge is 0.496 e. The van der Waals surface area contributed by atoms with Crippen molar-refractivity contribution in [3.05, 3.63) is 53.1 Å². The molecule has 0 saturated carbocycles. The Bertz CT molecular complexity index is 593. The maximum atomic E-state index is 11.0. The van der Waals surface area contributed by atoms with Crippen LogP contribution < -0.4 is 4.74 Å². The number of methoxy groups -OCH3 is 1. The summed E-state index contributed by atoms with van der Waals surface area (Å²) in [5.41, 5.74) is 1.92. The van der Waals surface area contributed by atoms with E-state index >= 15 is 0 Å². The Balaban J connectivity index is 2.51. The third kappa shape index (κ3) is 2.46. The monoisotopic (exact) mass is 262 g/mol. The third-order valence-corrected chi connectivity index (χ3v) is 2.82. The molecule has 3 nitrogen and oxygen atoms in total. The number of benzene rings is 2. The smallest absolute Gasteiger partial charge is 0.339 e. The van der Waals surface area contributed by atoms with Crippen molar-refractivity contribution in [1.82, 2.24) is 0 Å². The van der Waals surface area contributed by atoms with Gasteiger partial charge >= 0.3 is 5.97 Å². The summed E-state index contributed by atoms with van der Waals surface area (Å²) in [4.78, 5) is 11.0. The van der Waals surface area contributed by atoms with E-state index in [2.05, 4.69) is 0 Å². The van der Waals surface area contributed by atoms with Gasteiger partial charge in [0, 0.05) is 5.02 Å². The molecule has 0 aliphatic heterocycles. The summed E-state index contributed by atoms with van der Waals surface area (Å²) in [5, 5.41) is 9.63. The van der Waals surface area contributed by atoms with Crippen LogP contribution in [0.25, 0.3) is 11.1 Å². The Morgan fingerprint density at radius 3 is 2.50 bits per heavy atom. The Morgan fingerprint density at radius 1 is 1.17 bits per heavy atom. The molecule has 0 aromatic heterocycles. The molecule has 0 unspecified atom stereocenters. The van der Waals surface area contributed by atoms with E-state index in [-0.39, 0.29) is 5.56 Å². The van der Waals surface area contributed by atoms with E-state index in [4.69, 9.17) is 21.4 Å². The van der Waals surface area contributed by atoms with Gasteiger partial charge in [-0.25, -0.2) is 4.79 Å². The van der Waals surface area contributed by atoms with Crippen molar-refractivity contribution in [3.8, 4) is 16.9 Å². The van der Waals surface area contributed by atoms with Gasteiger partial charge in [-0.3, -0.25) is 0 Å². The van der Waals surface area contributed by atoms with Crippen LogP contribution in [0.15, 0.2) is 42.5 Å². The minimum absolute atomic E-state index is 0.142. The van der Waals surface area contributed by atoms with Crippen LogP contribution in [-0.2, 0) is 0 Å². The van der Waals surface area contributed by atoms with Gasteiger partial charge in [0.15, 0.2) is 0 Å². The molecule has 0 spiro atoms. The fourth-order valence-electron chi connectivity index (χ4n) is 1.72. The summed E-state index contributed by atoms with van der Waals surface area (Å²) in [6, 6.07) is 12.3. The average Bonchev–Trinajstić information content (AvgIpc) is 2.37. The quantitative estimate of drug-likeness (QED) is 0.917. The summed E-state index contributed by atoms with van der Waals surface area (Å²) in [6.07, 6.45) is 0. The van der Waals surface area contributed by atoms with Crippen LogP contribution in [0.1, 0.15) is 10.4 Å². The minimum atomic E-state index is -1.01. The Labute approximate surface area is 110 Å². The zero-order chi connectivity index (χ0) is 13.1. The molecule has 0 atom stereocenters. The normalized spacial score (nSPS) is 10.1. The number of hydrogen-bond donors (Lipinski definition) is 1. The van der Waals surface area contributed by atoms with E-state index < -0.39 is 5.97 Å². The first-order valence-corrected chi connectivity index (χ1v) is 5.67. The van der Waals surface area contributed by atoms with E-state index in [1.807, 2.05) is 18.2 Å². The second-order valence-electron chi connectivity index (χ2n) is 3.73. The molecular formula is C14H11ClO3. The van der Waals surface area contributed by atoms with Gasteiger partial charge in [0.25, 0.3) is 0 Å². The van der Waals surface area contributed by atoms with Crippen molar-refractivity contribution in [2.24, 2.45) is 0 Å². The van der Waals surface area contributed by atoms with E-state index in [0.29, 0.717) is 10.8 Å². The van der Waals surface area contributed by atoms with Crippen LogP contribution >= 0.6 is 11.6 Å². The van der Waals surface area contributed by atoms with Crippen molar-refractivity contribution in [2.75, 3.05) is 7.11 Å².